The SMILES string of the molecule is COCC(=O)N(C)C1=C(N2CCN(Cc3ccco3)CC2)C(=O)c2ncccc2C1=O. The molecule has 1 aliphatic carbocycles. The van der Waals surface area contributed by atoms with Gasteiger partial charge < -0.3 is 19.0 Å². The molecule has 2 aromatic rings. The third kappa shape index (κ3) is 4.01. The standard InChI is InChI=1S/C22H24N4O5/c1-24(17(27)14-30-2)19-20(22(29)18-16(21(19)28)6-3-7-23-18)26-10-8-25(9-11-26)13-15-5-4-12-31-15/h3-7,12H,8-11,13-14H2,1-2H3. The topological polar surface area (TPSA) is 96.2 Å². The van der Waals surface area contributed by atoms with Crippen LogP contribution in [-0.4, -0.2) is 84.1 Å². The van der Waals surface area contributed by atoms with E-state index in [0.29, 0.717) is 32.7 Å². The molecule has 1 saturated heterocycles. The second-order valence-corrected chi connectivity index (χ2v) is 7.48. The number of pyridine rings is 1. The van der Waals surface area contributed by atoms with Crippen molar-refractivity contribution < 1.29 is 23.5 Å². The van der Waals surface area contributed by atoms with E-state index in [1.807, 2.05) is 17.0 Å². The first-order chi connectivity index (χ1) is 15.0. The van der Waals surface area contributed by atoms with Gasteiger partial charge in [0.05, 0.1) is 18.4 Å². The van der Waals surface area contributed by atoms with Gasteiger partial charge in [0.2, 0.25) is 11.6 Å². The Labute approximate surface area is 179 Å². The summed E-state index contributed by atoms with van der Waals surface area (Å²) >= 11 is 0. The minimum absolute atomic E-state index is 0.0760. The Morgan fingerprint density at radius 2 is 1.94 bits per heavy atom. The third-order valence-corrected chi connectivity index (χ3v) is 5.55. The molecule has 2 aromatic heterocycles. The summed E-state index contributed by atoms with van der Waals surface area (Å²) in [7, 11) is 2.91. The number of carbonyl (C=O) groups excluding carboxylic acids is 3. The lowest BCUT2D eigenvalue weighted by Gasteiger charge is -2.39. The molecule has 4 rings (SSSR count). The van der Waals surface area contributed by atoms with E-state index >= 15 is 0 Å². The lowest BCUT2D eigenvalue weighted by Crippen LogP contribution is -2.49. The Morgan fingerprint density at radius 3 is 2.61 bits per heavy atom. The van der Waals surface area contributed by atoms with Crippen molar-refractivity contribution in [3.05, 3.63) is 65.1 Å². The number of hydrogen-bond donors (Lipinski definition) is 0. The molecule has 1 aliphatic heterocycles. The zero-order valence-corrected chi connectivity index (χ0v) is 17.5. The van der Waals surface area contributed by atoms with Crippen LogP contribution in [0.1, 0.15) is 26.6 Å². The van der Waals surface area contributed by atoms with E-state index in [1.54, 1.807) is 18.4 Å². The molecule has 0 saturated carbocycles. The predicted molar refractivity (Wildman–Crippen MR) is 110 cm³/mol. The second-order valence-electron chi connectivity index (χ2n) is 7.48. The molecule has 9 nitrogen and oxygen atoms in total. The summed E-state index contributed by atoms with van der Waals surface area (Å²) in [5.41, 5.74) is 0.629. The van der Waals surface area contributed by atoms with Crippen LogP contribution < -0.4 is 0 Å². The van der Waals surface area contributed by atoms with Crippen molar-refractivity contribution in [1.29, 1.82) is 0 Å². The first-order valence-corrected chi connectivity index (χ1v) is 10.0. The van der Waals surface area contributed by atoms with Gasteiger partial charge in [0.25, 0.3) is 5.91 Å². The summed E-state index contributed by atoms with van der Waals surface area (Å²) < 4.78 is 10.4. The van der Waals surface area contributed by atoms with Crippen LogP contribution in [0.4, 0.5) is 0 Å². The van der Waals surface area contributed by atoms with Crippen molar-refractivity contribution >= 4 is 17.5 Å². The zero-order valence-electron chi connectivity index (χ0n) is 17.5. The molecule has 3 heterocycles. The second kappa shape index (κ2) is 8.83. The lowest BCUT2D eigenvalue weighted by molar-refractivity contribution is -0.131. The Balaban J connectivity index is 1.64. The fraction of sp³-hybridized carbons (Fsp3) is 0.364. The highest BCUT2D eigenvalue weighted by Gasteiger charge is 2.40. The molecular formula is C22H24N4O5. The Hall–Kier alpha value is -3.30. The smallest absolute Gasteiger partial charge is 0.252 e. The summed E-state index contributed by atoms with van der Waals surface area (Å²) in [6.07, 6.45) is 3.14. The van der Waals surface area contributed by atoms with Crippen LogP contribution in [0.2, 0.25) is 0 Å². The van der Waals surface area contributed by atoms with Gasteiger partial charge in [-0.1, -0.05) is 0 Å². The minimum Gasteiger partial charge on any atom is -0.468 e. The molecule has 2 aliphatic rings. The van der Waals surface area contributed by atoms with Crippen molar-refractivity contribution in [3.8, 4) is 0 Å². The van der Waals surface area contributed by atoms with Gasteiger partial charge in [-0.3, -0.25) is 24.3 Å². The summed E-state index contributed by atoms with van der Waals surface area (Å²) in [6.45, 7) is 2.93. The quantitative estimate of drug-likeness (QED) is 0.682. The van der Waals surface area contributed by atoms with Crippen molar-refractivity contribution in [1.82, 2.24) is 19.7 Å². The van der Waals surface area contributed by atoms with E-state index in [4.69, 9.17) is 9.15 Å². The fourth-order valence-electron chi connectivity index (χ4n) is 3.93. The number of likely N-dealkylation sites (N-methyl/N-ethyl adjacent to an activating group) is 1. The summed E-state index contributed by atoms with van der Waals surface area (Å²) in [5.74, 6) is -0.260. The van der Waals surface area contributed by atoms with Crippen molar-refractivity contribution in [2.75, 3.05) is 46.9 Å². The number of fused-ring (bicyclic) bond motifs is 1. The molecule has 1 fully saturated rings. The number of carbonyl (C=O) groups is 3. The molecule has 0 atom stereocenters. The van der Waals surface area contributed by atoms with Crippen molar-refractivity contribution in [2.24, 2.45) is 0 Å². The van der Waals surface area contributed by atoms with E-state index in [1.165, 1.54) is 25.3 Å². The molecule has 0 unspecified atom stereocenters. The van der Waals surface area contributed by atoms with Crippen LogP contribution in [0.25, 0.3) is 0 Å². The van der Waals surface area contributed by atoms with E-state index in [9.17, 15) is 14.4 Å². The van der Waals surface area contributed by atoms with E-state index in [-0.39, 0.29) is 40.8 Å². The summed E-state index contributed by atoms with van der Waals surface area (Å²) in [4.78, 5) is 48.7. The lowest BCUT2D eigenvalue weighted by atomic mass is 9.92. The van der Waals surface area contributed by atoms with Crippen LogP contribution in [0.5, 0.6) is 0 Å². The number of Topliss-reactive ketones (excluding diaryl/α,β-unsaturated/α-hetero) is 2. The summed E-state index contributed by atoms with van der Waals surface area (Å²) in [5, 5.41) is 0. The Bertz CT molecular complexity index is 1020. The molecular weight excluding hydrogens is 400 g/mol. The maximum Gasteiger partial charge on any atom is 0.252 e. The first kappa shape index (κ1) is 21.0. The number of aromatic nitrogens is 1. The largest absolute Gasteiger partial charge is 0.468 e. The Morgan fingerprint density at radius 1 is 1.16 bits per heavy atom. The monoisotopic (exact) mass is 424 g/mol. The maximum atomic E-state index is 13.4. The van der Waals surface area contributed by atoms with Crippen LogP contribution in [0.15, 0.2) is 52.5 Å². The number of rotatable bonds is 6. The highest BCUT2D eigenvalue weighted by molar-refractivity contribution is 6.26. The number of hydrogen-bond acceptors (Lipinski definition) is 8. The van der Waals surface area contributed by atoms with Gasteiger partial charge in [0.1, 0.15) is 29.5 Å². The number of methoxy groups -OCH3 is 1. The maximum absolute atomic E-state index is 13.4. The highest BCUT2D eigenvalue weighted by Crippen LogP contribution is 2.30. The van der Waals surface area contributed by atoms with Gasteiger partial charge in [-0.2, -0.15) is 0 Å². The number of nitrogens with zero attached hydrogens (tertiary/aromatic N) is 4. The van der Waals surface area contributed by atoms with Gasteiger partial charge in [-0.25, -0.2) is 0 Å². The van der Waals surface area contributed by atoms with Gasteiger partial charge in [-0.05, 0) is 24.3 Å². The van der Waals surface area contributed by atoms with Crippen molar-refractivity contribution in [2.45, 2.75) is 6.54 Å². The molecule has 0 bridgehead atoms. The van der Waals surface area contributed by atoms with Crippen LogP contribution in [0, 0.1) is 0 Å². The van der Waals surface area contributed by atoms with Crippen molar-refractivity contribution in [3.63, 3.8) is 0 Å². The third-order valence-electron chi connectivity index (χ3n) is 5.55. The molecule has 0 N–H and O–H groups in total. The normalized spacial score (nSPS) is 17.2. The number of piperazine rings is 1. The number of ketones is 2. The van der Waals surface area contributed by atoms with E-state index < -0.39 is 5.91 Å². The van der Waals surface area contributed by atoms with Gasteiger partial charge >= 0.3 is 0 Å². The summed E-state index contributed by atoms with van der Waals surface area (Å²) in [6, 6.07) is 6.95. The van der Waals surface area contributed by atoms with Crippen LogP contribution in [-0.2, 0) is 16.1 Å². The Kier molecular flexibility index (Phi) is 5.97. The number of amides is 1. The minimum atomic E-state index is -0.403. The fourth-order valence-corrected chi connectivity index (χ4v) is 3.93. The molecule has 1 amide bonds. The molecule has 31 heavy (non-hydrogen) atoms. The number of furan rings is 1. The van der Waals surface area contributed by atoms with Gasteiger partial charge in [0, 0.05) is 46.5 Å². The van der Waals surface area contributed by atoms with Gasteiger partial charge in [0.15, 0.2) is 0 Å². The molecule has 162 valence electrons. The average molecular weight is 424 g/mol. The first-order valence-electron chi connectivity index (χ1n) is 10.0. The molecule has 9 heteroatoms. The highest BCUT2D eigenvalue weighted by atomic mass is 16.5. The molecule has 0 spiro atoms. The number of ether oxygens (including phenoxy) is 1. The van der Waals surface area contributed by atoms with Crippen LogP contribution in [0.3, 0.4) is 0 Å². The van der Waals surface area contributed by atoms with E-state index in [0.717, 1.165) is 5.76 Å². The molecule has 0 radical (unpaired) electrons. The van der Waals surface area contributed by atoms with Gasteiger partial charge in [-0.15, -0.1) is 0 Å². The predicted octanol–water partition coefficient (Wildman–Crippen LogP) is 1.19. The molecule has 0 aromatic carbocycles. The van der Waals surface area contributed by atoms with E-state index in [2.05, 4.69) is 9.88 Å². The number of allylic oxidation sites excluding steroid dienone is 2. The zero-order chi connectivity index (χ0) is 22.0. The van der Waals surface area contributed by atoms with Crippen LogP contribution >= 0.6 is 0 Å². The average Bonchev–Trinajstić information content (AvgIpc) is 3.29.